The van der Waals surface area contributed by atoms with Gasteiger partial charge in [0.2, 0.25) is 0 Å². The van der Waals surface area contributed by atoms with E-state index in [0.717, 1.165) is 0 Å². The molecular weight excluding hydrogens is 266 g/mol. The molecule has 78 valence electrons. The SMILES string of the molecule is C[C@@H](N)c1c(F)c(F)c(F)c(Br)c1F. The average molecular weight is 272 g/mol. The van der Waals surface area contributed by atoms with Crippen LogP contribution in [0.4, 0.5) is 17.6 Å². The van der Waals surface area contributed by atoms with Gasteiger partial charge in [-0.2, -0.15) is 0 Å². The summed E-state index contributed by atoms with van der Waals surface area (Å²) in [7, 11) is 0. The van der Waals surface area contributed by atoms with Gasteiger partial charge in [0.15, 0.2) is 17.5 Å². The molecule has 2 N–H and O–H groups in total. The van der Waals surface area contributed by atoms with Gasteiger partial charge < -0.3 is 5.73 Å². The molecule has 1 aromatic rings. The van der Waals surface area contributed by atoms with Gasteiger partial charge in [-0.3, -0.25) is 0 Å². The molecule has 0 unspecified atom stereocenters. The van der Waals surface area contributed by atoms with Crippen LogP contribution in [0.3, 0.4) is 0 Å². The summed E-state index contributed by atoms with van der Waals surface area (Å²) in [4.78, 5) is 0. The van der Waals surface area contributed by atoms with Crippen molar-refractivity contribution < 1.29 is 17.6 Å². The molecule has 0 aliphatic carbocycles. The van der Waals surface area contributed by atoms with Gasteiger partial charge in [-0.15, -0.1) is 0 Å². The van der Waals surface area contributed by atoms with E-state index in [1.54, 1.807) is 0 Å². The molecule has 0 aliphatic rings. The number of hydrogen-bond donors (Lipinski definition) is 1. The molecule has 0 amide bonds. The van der Waals surface area contributed by atoms with Crippen LogP contribution in [-0.2, 0) is 0 Å². The zero-order chi connectivity index (χ0) is 11.0. The first-order valence-corrected chi connectivity index (χ1v) is 4.44. The molecule has 1 rings (SSSR count). The lowest BCUT2D eigenvalue weighted by Gasteiger charge is -2.11. The van der Waals surface area contributed by atoms with Gasteiger partial charge in [0.05, 0.1) is 4.47 Å². The van der Waals surface area contributed by atoms with Crippen LogP contribution < -0.4 is 5.73 Å². The van der Waals surface area contributed by atoms with Crippen molar-refractivity contribution in [2.75, 3.05) is 0 Å². The van der Waals surface area contributed by atoms with Gasteiger partial charge in [0.1, 0.15) is 5.82 Å². The summed E-state index contributed by atoms with van der Waals surface area (Å²) in [6.45, 7) is 1.27. The number of benzene rings is 1. The molecule has 6 heteroatoms. The number of halogens is 5. The van der Waals surface area contributed by atoms with Crippen molar-refractivity contribution in [2.45, 2.75) is 13.0 Å². The maximum Gasteiger partial charge on any atom is 0.196 e. The van der Waals surface area contributed by atoms with Crippen LogP contribution in [0.1, 0.15) is 18.5 Å². The normalized spacial score (nSPS) is 13.1. The number of hydrogen-bond acceptors (Lipinski definition) is 1. The second kappa shape index (κ2) is 3.86. The summed E-state index contributed by atoms with van der Waals surface area (Å²) < 4.78 is 51.0. The van der Waals surface area contributed by atoms with Crippen LogP contribution >= 0.6 is 15.9 Å². The first-order chi connectivity index (χ1) is 6.37. The highest BCUT2D eigenvalue weighted by Crippen LogP contribution is 2.30. The fourth-order valence-electron chi connectivity index (χ4n) is 1.02. The molecule has 0 saturated heterocycles. The summed E-state index contributed by atoms with van der Waals surface area (Å²) in [6, 6.07) is -1.05. The molecular formula is C8H6BrF4N. The van der Waals surface area contributed by atoms with E-state index in [1.807, 2.05) is 0 Å². The lowest BCUT2D eigenvalue weighted by atomic mass is 10.1. The van der Waals surface area contributed by atoms with Crippen molar-refractivity contribution in [3.05, 3.63) is 33.3 Å². The topological polar surface area (TPSA) is 26.0 Å². The highest BCUT2D eigenvalue weighted by molar-refractivity contribution is 9.10. The minimum Gasteiger partial charge on any atom is -0.324 e. The Labute approximate surface area is 86.0 Å². The van der Waals surface area contributed by atoms with Gasteiger partial charge in [0, 0.05) is 11.6 Å². The molecule has 0 saturated carbocycles. The molecule has 0 bridgehead atoms. The van der Waals surface area contributed by atoms with E-state index in [4.69, 9.17) is 5.73 Å². The third-order valence-corrected chi connectivity index (χ3v) is 2.40. The van der Waals surface area contributed by atoms with Gasteiger partial charge in [-0.25, -0.2) is 17.6 Å². The minimum atomic E-state index is -1.73. The van der Waals surface area contributed by atoms with Gasteiger partial charge in [-0.05, 0) is 22.9 Å². The van der Waals surface area contributed by atoms with Crippen LogP contribution in [0.15, 0.2) is 4.47 Å². The predicted molar refractivity (Wildman–Crippen MR) is 46.6 cm³/mol. The highest BCUT2D eigenvalue weighted by Gasteiger charge is 2.25. The Morgan fingerprint density at radius 2 is 1.50 bits per heavy atom. The molecule has 0 heterocycles. The van der Waals surface area contributed by atoms with Crippen LogP contribution in [0, 0.1) is 23.3 Å². The van der Waals surface area contributed by atoms with Gasteiger partial charge >= 0.3 is 0 Å². The lowest BCUT2D eigenvalue weighted by Crippen LogP contribution is -2.13. The molecule has 0 aromatic heterocycles. The summed E-state index contributed by atoms with van der Waals surface area (Å²) in [5, 5.41) is 0. The van der Waals surface area contributed by atoms with Crippen molar-refractivity contribution in [3.63, 3.8) is 0 Å². The molecule has 1 atom stereocenters. The maximum absolute atomic E-state index is 13.2. The molecule has 0 radical (unpaired) electrons. The zero-order valence-corrected chi connectivity index (χ0v) is 8.63. The third-order valence-electron chi connectivity index (χ3n) is 1.70. The Bertz CT molecular complexity index is 349. The lowest BCUT2D eigenvalue weighted by molar-refractivity contribution is 0.414. The molecule has 1 nitrogen and oxygen atoms in total. The van der Waals surface area contributed by atoms with E-state index in [9.17, 15) is 17.6 Å². The maximum atomic E-state index is 13.2. The molecule has 0 fully saturated rings. The van der Waals surface area contributed by atoms with E-state index < -0.39 is 39.3 Å². The zero-order valence-electron chi connectivity index (χ0n) is 7.04. The van der Waals surface area contributed by atoms with E-state index in [0.29, 0.717) is 0 Å². The standard InChI is InChI=1S/C8H6BrF4N/c1-2(14)3-5(10)4(9)7(12)8(13)6(3)11/h2H,14H2,1H3/t2-/m1/s1. The van der Waals surface area contributed by atoms with Crippen molar-refractivity contribution in [1.29, 1.82) is 0 Å². The van der Waals surface area contributed by atoms with Crippen molar-refractivity contribution in [3.8, 4) is 0 Å². The number of rotatable bonds is 1. The van der Waals surface area contributed by atoms with Crippen LogP contribution in [0.25, 0.3) is 0 Å². The van der Waals surface area contributed by atoms with E-state index in [2.05, 4.69) is 15.9 Å². The smallest absolute Gasteiger partial charge is 0.196 e. The predicted octanol–water partition coefficient (Wildman–Crippen LogP) is 3.03. The van der Waals surface area contributed by atoms with E-state index in [1.165, 1.54) is 6.92 Å². The minimum absolute atomic E-state index is 0.671. The number of nitrogens with two attached hydrogens (primary N) is 1. The summed E-state index contributed by atoms with van der Waals surface area (Å²) in [5.74, 6) is -6.12. The summed E-state index contributed by atoms with van der Waals surface area (Å²) in [6.07, 6.45) is 0. The van der Waals surface area contributed by atoms with Crippen LogP contribution in [0.5, 0.6) is 0 Å². The Morgan fingerprint density at radius 1 is 1.00 bits per heavy atom. The third kappa shape index (κ3) is 1.64. The Hall–Kier alpha value is -0.620. The summed E-state index contributed by atoms with van der Waals surface area (Å²) in [5.41, 5.74) is 4.54. The molecule has 1 aromatic carbocycles. The quantitative estimate of drug-likeness (QED) is 0.474. The van der Waals surface area contributed by atoms with Crippen LogP contribution in [0.2, 0.25) is 0 Å². The Balaban J connectivity index is 3.60. The highest BCUT2D eigenvalue weighted by atomic mass is 79.9. The monoisotopic (exact) mass is 271 g/mol. The first kappa shape index (κ1) is 11.5. The largest absolute Gasteiger partial charge is 0.324 e. The van der Waals surface area contributed by atoms with Gasteiger partial charge in [-0.1, -0.05) is 0 Å². The van der Waals surface area contributed by atoms with E-state index >= 15 is 0 Å². The Morgan fingerprint density at radius 3 is 1.93 bits per heavy atom. The van der Waals surface area contributed by atoms with Crippen molar-refractivity contribution in [2.24, 2.45) is 5.73 Å². The van der Waals surface area contributed by atoms with Crippen LogP contribution in [-0.4, -0.2) is 0 Å². The van der Waals surface area contributed by atoms with Crippen molar-refractivity contribution >= 4 is 15.9 Å². The summed E-state index contributed by atoms with van der Waals surface area (Å²) >= 11 is 2.47. The van der Waals surface area contributed by atoms with E-state index in [-0.39, 0.29) is 0 Å². The first-order valence-electron chi connectivity index (χ1n) is 3.64. The average Bonchev–Trinajstić information content (AvgIpc) is 2.11. The second-order valence-corrected chi connectivity index (χ2v) is 3.57. The van der Waals surface area contributed by atoms with Gasteiger partial charge in [0.25, 0.3) is 0 Å². The molecule has 14 heavy (non-hydrogen) atoms. The molecule has 0 spiro atoms. The van der Waals surface area contributed by atoms with Crippen molar-refractivity contribution in [1.82, 2.24) is 0 Å². The second-order valence-electron chi connectivity index (χ2n) is 2.77. The Kier molecular flexibility index (Phi) is 3.16. The fourth-order valence-corrected chi connectivity index (χ4v) is 1.41. The molecule has 0 aliphatic heterocycles. The fraction of sp³-hybridized carbons (Fsp3) is 0.250.